The topological polar surface area (TPSA) is 81.5 Å². The number of rotatable bonds is 3. The second kappa shape index (κ2) is 4.32. The predicted octanol–water partition coefficient (Wildman–Crippen LogP) is 3.13. The summed E-state index contributed by atoms with van der Waals surface area (Å²) in [6.45, 7) is 5.07. The second-order valence-electron chi connectivity index (χ2n) is 7.56. The Bertz CT molecular complexity index is 703. The standard InChI is InChI=1S/C17H20N2O4/c1-15-10-23-17(9-11(15)7-8-16(15,17)2)14(20)18-12-3-5-13(6-4-12)19(21)22/h3-6,11H,7-10H2,1-2H3,(H,18,20)/t11-,15-,16+,17-/m0/s1. The zero-order valence-corrected chi connectivity index (χ0v) is 13.3. The lowest BCUT2D eigenvalue weighted by Crippen LogP contribution is -2.52. The molecule has 0 radical (unpaired) electrons. The van der Waals surface area contributed by atoms with Crippen molar-refractivity contribution in [2.24, 2.45) is 16.7 Å². The molecule has 1 saturated heterocycles. The third-order valence-corrected chi connectivity index (χ3v) is 6.90. The monoisotopic (exact) mass is 316 g/mol. The highest BCUT2D eigenvalue weighted by molar-refractivity contribution is 5.99. The van der Waals surface area contributed by atoms with Gasteiger partial charge in [-0.3, -0.25) is 14.9 Å². The SMILES string of the molecule is C[C@]12CC[C@H]3C[C@@]1(C(=O)Nc1ccc([N+](=O)[O-])cc1)OC[C@@]32C. The Morgan fingerprint density at radius 1 is 1.35 bits per heavy atom. The number of nitro benzene ring substituents is 1. The molecule has 6 nitrogen and oxygen atoms in total. The van der Waals surface area contributed by atoms with Crippen LogP contribution in [0, 0.1) is 26.9 Å². The first-order valence-electron chi connectivity index (χ1n) is 8.02. The van der Waals surface area contributed by atoms with Gasteiger partial charge < -0.3 is 10.1 Å². The van der Waals surface area contributed by atoms with Gasteiger partial charge in [0.25, 0.3) is 11.6 Å². The molecule has 1 amide bonds. The molecule has 1 aliphatic heterocycles. The van der Waals surface area contributed by atoms with Crippen molar-refractivity contribution in [1.82, 2.24) is 0 Å². The number of nitrogens with one attached hydrogen (secondary N) is 1. The van der Waals surface area contributed by atoms with Gasteiger partial charge in [0.2, 0.25) is 0 Å². The highest BCUT2D eigenvalue weighted by Crippen LogP contribution is 2.75. The van der Waals surface area contributed by atoms with Crippen LogP contribution in [-0.4, -0.2) is 23.0 Å². The van der Waals surface area contributed by atoms with E-state index in [0.29, 0.717) is 18.2 Å². The van der Waals surface area contributed by atoms with Crippen molar-refractivity contribution in [2.45, 2.75) is 38.7 Å². The Kier molecular flexibility index (Phi) is 2.75. The summed E-state index contributed by atoms with van der Waals surface area (Å²) in [6, 6.07) is 5.93. The molecule has 0 unspecified atom stereocenters. The molecule has 4 bridgehead atoms. The van der Waals surface area contributed by atoms with Gasteiger partial charge in [-0.1, -0.05) is 13.8 Å². The number of ether oxygens (including phenoxy) is 1. The number of hydrogen-bond acceptors (Lipinski definition) is 4. The van der Waals surface area contributed by atoms with Crippen molar-refractivity contribution >= 4 is 17.3 Å². The van der Waals surface area contributed by atoms with Gasteiger partial charge >= 0.3 is 0 Å². The molecule has 4 atom stereocenters. The van der Waals surface area contributed by atoms with Crippen LogP contribution in [0.15, 0.2) is 24.3 Å². The molecule has 2 saturated carbocycles. The Labute approximate surface area is 134 Å². The molecule has 2 aliphatic carbocycles. The molecular formula is C17H20N2O4. The van der Waals surface area contributed by atoms with E-state index in [-0.39, 0.29) is 22.4 Å². The molecule has 1 aromatic rings. The summed E-state index contributed by atoms with van der Waals surface area (Å²) >= 11 is 0. The molecular weight excluding hydrogens is 296 g/mol. The van der Waals surface area contributed by atoms with Crippen LogP contribution >= 0.6 is 0 Å². The molecule has 1 aromatic carbocycles. The number of carbonyl (C=O) groups excluding carboxylic acids is 1. The van der Waals surface area contributed by atoms with Crippen molar-refractivity contribution in [1.29, 1.82) is 0 Å². The average Bonchev–Trinajstić information content (AvgIpc) is 2.99. The van der Waals surface area contributed by atoms with E-state index in [2.05, 4.69) is 19.2 Å². The number of carbonyl (C=O) groups is 1. The van der Waals surface area contributed by atoms with E-state index in [9.17, 15) is 14.9 Å². The maximum Gasteiger partial charge on any atom is 0.269 e. The molecule has 4 rings (SSSR count). The lowest BCUT2D eigenvalue weighted by Gasteiger charge is -2.39. The zero-order chi connectivity index (χ0) is 16.5. The maximum absolute atomic E-state index is 13.0. The van der Waals surface area contributed by atoms with Crippen molar-refractivity contribution in [3.05, 3.63) is 34.4 Å². The minimum atomic E-state index is -0.757. The summed E-state index contributed by atoms with van der Waals surface area (Å²) in [7, 11) is 0. The lowest BCUT2D eigenvalue weighted by atomic mass is 9.66. The highest BCUT2D eigenvalue weighted by atomic mass is 16.6. The number of amides is 1. The number of non-ortho nitro benzene ring substituents is 1. The van der Waals surface area contributed by atoms with Crippen LogP contribution in [-0.2, 0) is 9.53 Å². The van der Waals surface area contributed by atoms with Gasteiger partial charge in [-0.05, 0) is 37.3 Å². The third-order valence-electron chi connectivity index (χ3n) is 6.90. The minimum Gasteiger partial charge on any atom is -0.364 e. The number of benzene rings is 1. The van der Waals surface area contributed by atoms with Crippen molar-refractivity contribution in [3.63, 3.8) is 0 Å². The highest BCUT2D eigenvalue weighted by Gasteiger charge is 2.78. The summed E-state index contributed by atoms with van der Waals surface area (Å²) in [5.74, 6) is 0.434. The van der Waals surface area contributed by atoms with Gasteiger partial charge in [-0.25, -0.2) is 0 Å². The fraction of sp³-hybridized carbons (Fsp3) is 0.588. The molecule has 6 heteroatoms. The summed E-state index contributed by atoms with van der Waals surface area (Å²) in [6.07, 6.45) is 2.96. The fourth-order valence-corrected chi connectivity index (χ4v) is 5.16. The van der Waals surface area contributed by atoms with E-state index >= 15 is 0 Å². The normalized spacial score (nSPS) is 40.3. The van der Waals surface area contributed by atoms with Gasteiger partial charge in [0.15, 0.2) is 5.60 Å². The van der Waals surface area contributed by atoms with Crippen LogP contribution < -0.4 is 5.32 Å². The lowest BCUT2D eigenvalue weighted by molar-refractivity contribution is -0.384. The first-order chi connectivity index (χ1) is 10.8. The van der Waals surface area contributed by atoms with E-state index in [4.69, 9.17) is 4.74 Å². The number of hydrogen-bond donors (Lipinski definition) is 1. The van der Waals surface area contributed by atoms with Crippen molar-refractivity contribution in [2.75, 3.05) is 11.9 Å². The molecule has 1 heterocycles. The molecule has 23 heavy (non-hydrogen) atoms. The summed E-state index contributed by atoms with van der Waals surface area (Å²) in [4.78, 5) is 23.2. The van der Waals surface area contributed by atoms with Crippen LogP contribution in [0.25, 0.3) is 0 Å². The van der Waals surface area contributed by atoms with Gasteiger partial charge in [0, 0.05) is 28.7 Å². The second-order valence-corrected chi connectivity index (χ2v) is 7.56. The van der Waals surface area contributed by atoms with Crippen LogP contribution in [0.3, 0.4) is 0 Å². The van der Waals surface area contributed by atoms with Crippen molar-refractivity contribution < 1.29 is 14.5 Å². The van der Waals surface area contributed by atoms with Crippen LogP contribution in [0.1, 0.15) is 33.1 Å². The van der Waals surface area contributed by atoms with Crippen LogP contribution in [0.5, 0.6) is 0 Å². The summed E-state index contributed by atoms with van der Waals surface area (Å²) in [5.41, 5.74) is -0.224. The van der Waals surface area contributed by atoms with E-state index in [1.165, 1.54) is 18.6 Å². The maximum atomic E-state index is 13.0. The number of nitro groups is 1. The van der Waals surface area contributed by atoms with E-state index in [1.807, 2.05) is 0 Å². The quantitative estimate of drug-likeness (QED) is 0.686. The Hall–Kier alpha value is -1.95. The van der Waals surface area contributed by atoms with Gasteiger partial charge in [0.05, 0.1) is 11.5 Å². The molecule has 1 N–H and O–H groups in total. The van der Waals surface area contributed by atoms with Gasteiger partial charge in [0.1, 0.15) is 0 Å². The van der Waals surface area contributed by atoms with E-state index < -0.39 is 10.5 Å². The third kappa shape index (κ3) is 1.59. The van der Waals surface area contributed by atoms with Crippen LogP contribution in [0.4, 0.5) is 11.4 Å². The fourth-order valence-electron chi connectivity index (χ4n) is 5.16. The average molecular weight is 316 g/mol. The van der Waals surface area contributed by atoms with Gasteiger partial charge in [-0.15, -0.1) is 0 Å². The molecule has 0 spiro atoms. The van der Waals surface area contributed by atoms with E-state index in [0.717, 1.165) is 12.8 Å². The molecule has 3 fully saturated rings. The van der Waals surface area contributed by atoms with Gasteiger partial charge in [-0.2, -0.15) is 0 Å². The molecule has 3 aliphatic rings. The molecule has 0 aromatic heterocycles. The Balaban J connectivity index is 1.60. The molecule has 122 valence electrons. The summed E-state index contributed by atoms with van der Waals surface area (Å²) in [5, 5.41) is 13.6. The zero-order valence-electron chi connectivity index (χ0n) is 13.3. The Morgan fingerprint density at radius 3 is 2.61 bits per heavy atom. The number of nitrogens with zero attached hydrogens (tertiary/aromatic N) is 1. The van der Waals surface area contributed by atoms with Crippen molar-refractivity contribution in [3.8, 4) is 0 Å². The first kappa shape index (κ1) is 14.6. The number of anilines is 1. The minimum absolute atomic E-state index is 0.0118. The Morgan fingerprint density at radius 2 is 2.04 bits per heavy atom. The first-order valence-corrected chi connectivity index (χ1v) is 8.02. The van der Waals surface area contributed by atoms with E-state index in [1.54, 1.807) is 12.1 Å². The smallest absolute Gasteiger partial charge is 0.269 e. The largest absolute Gasteiger partial charge is 0.364 e. The van der Waals surface area contributed by atoms with Crippen LogP contribution in [0.2, 0.25) is 0 Å². The predicted molar refractivity (Wildman–Crippen MR) is 84.0 cm³/mol. The summed E-state index contributed by atoms with van der Waals surface area (Å²) < 4.78 is 6.06.